The average Bonchev–Trinajstić information content (AvgIpc) is 2.50. The van der Waals surface area contributed by atoms with E-state index in [2.05, 4.69) is 4.72 Å². The minimum Gasteiger partial charge on any atom is -0.399 e. The van der Waals surface area contributed by atoms with E-state index in [9.17, 15) is 8.42 Å². The molecule has 25 heavy (non-hydrogen) atoms. The topological polar surface area (TPSA) is 72.2 Å². The van der Waals surface area contributed by atoms with Gasteiger partial charge in [-0.25, -0.2) is 13.1 Å². The van der Waals surface area contributed by atoms with E-state index in [0.29, 0.717) is 21.3 Å². The van der Waals surface area contributed by atoms with Crippen molar-refractivity contribution in [2.45, 2.75) is 31.1 Å². The van der Waals surface area contributed by atoms with Gasteiger partial charge >= 0.3 is 0 Å². The predicted octanol–water partition coefficient (Wildman–Crippen LogP) is 4.49. The highest BCUT2D eigenvalue weighted by atomic mass is 35.5. The first-order valence-corrected chi connectivity index (χ1v) is 10.1. The van der Waals surface area contributed by atoms with Gasteiger partial charge in [0.15, 0.2) is 0 Å². The van der Waals surface area contributed by atoms with Gasteiger partial charge in [-0.3, -0.25) is 0 Å². The summed E-state index contributed by atoms with van der Waals surface area (Å²) < 4.78 is 27.9. The lowest BCUT2D eigenvalue weighted by Gasteiger charge is -2.26. The van der Waals surface area contributed by atoms with E-state index in [1.54, 1.807) is 18.2 Å². The Hall–Kier alpha value is -0.980. The SMILES string of the molecule is Cl.Nc1ccc2c(c1)CCCC2NS(=O)(=O)Cc1ccc(Cl)c(Cl)c1. The van der Waals surface area contributed by atoms with Gasteiger partial charge in [0, 0.05) is 11.7 Å². The molecular weight excluding hydrogens is 403 g/mol. The van der Waals surface area contributed by atoms with Gasteiger partial charge in [-0.05, 0) is 60.2 Å². The molecule has 1 aliphatic carbocycles. The van der Waals surface area contributed by atoms with Crippen LogP contribution in [-0.2, 0) is 22.2 Å². The van der Waals surface area contributed by atoms with E-state index < -0.39 is 10.0 Å². The minimum atomic E-state index is -3.50. The molecular formula is C17H19Cl3N2O2S. The van der Waals surface area contributed by atoms with Crippen LogP contribution in [0, 0.1) is 0 Å². The fourth-order valence-electron chi connectivity index (χ4n) is 3.06. The van der Waals surface area contributed by atoms with Crippen molar-refractivity contribution in [2.75, 3.05) is 5.73 Å². The van der Waals surface area contributed by atoms with Gasteiger partial charge < -0.3 is 5.73 Å². The summed E-state index contributed by atoms with van der Waals surface area (Å²) in [7, 11) is -3.50. The van der Waals surface area contributed by atoms with E-state index in [4.69, 9.17) is 28.9 Å². The molecule has 3 N–H and O–H groups in total. The summed E-state index contributed by atoms with van der Waals surface area (Å²) in [6.07, 6.45) is 2.62. The van der Waals surface area contributed by atoms with Crippen molar-refractivity contribution < 1.29 is 8.42 Å². The Morgan fingerprint density at radius 1 is 1.12 bits per heavy atom. The van der Waals surface area contributed by atoms with Gasteiger partial charge in [-0.15, -0.1) is 12.4 Å². The van der Waals surface area contributed by atoms with Crippen molar-refractivity contribution in [3.05, 3.63) is 63.1 Å². The van der Waals surface area contributed by atoms with Gasteiger partial charge in [-0.2, -0.15) is 0 Å². The second-order valence-corrected chi connectivity index (χ2v) is 8.60. The van der Waals surface area contributed by atoms with Crippen LogP contribution in [0.15, 0.2) is 36.4 Å². The lowest BCUT2D eigenvalue weighted by Crippen LogP contribution is -2.32. The number of halogens is 3. The highest BCUT2D eigenvalue weighted by Crippen LogP contribution is 2.32. The number of rotatable bonds is 4. The van der Waals surface area contributed by atoms with Gasteiger partial charge in [0.05, 0.1) is 15.8 Å². The summed E-state index contributed by atoms with van der Waals surface area (Å²) in [4.78, 5) is 0. The summed E-state index contributed by atoms with van der Waals surface area (Å²) in [5, 5.41) is 0.757. The zero-order valence-electron chi connectivity index (χ0n) is 13.3. The smallest absolute Gasteiger partial charge is 0.216 e. The fraction of sp³-hybridized carbons (Fsp3) is 0.294. The maximum atomic E-state index is 12.5. The summed E-state index contributed by atoms with van der Waals surface area (Å²) >= 11 is 11.8. The number of anilines is 1. The van der Waals surface area contributed by atoms with Gasteiger partial charge in [0.25, 0.3) is 0 Å². The Morgan fingerprint density at radius 3 is 2.60 bits per heavy atom. The molecule has 0 saturated carbocycles. The molecule has 0 radical (unpaired) electrons. The molecule has 0 aliphatic heterocycles. The first kappa shape index (κ1) is 20.3. The van der Waals surface area contributed by atoms with Gasteiger partial charge in [0.2, 0.25) is 10.0 Å². The molecule has 2 aromatic rings. The molecule has 0 heterocycles. The first-order valence-electron chi connectivity index (χ1n) is 7.66. The van der Waals surface area contributed by atoms with Crippen molar-refractivity contribution in [3.8, 4) is 0 Å². The van der Waals surface area contributed by atoms with E-state index in [1.165, 1.54) is 0 Å². The Balaban J connectivity index is 0.00000225. The highest BCUT2D eigenvalue weighted by molar-refractivity contribution is 7.88. The maximum Gasteiger partial charge on any atom is 0.216 e. The summed E-state index contributed by atoms with van der Waals surface area (Å²) in [6.45, 7) is 0. The standard InChI is InChI=1S/C17H18Cl2N2O2S.ClH/c18-15-7-4-11(8-16(15)19)10-24(22,23)21-17-3-1-2-12-9-13(20)5-6-14(12)17;/h4-9,17,21H,1-3,10,20H2;1H. The maximum absolute atomic E-state index is 12.5. The molecule has 8 heteroatoms. The average molecular weight is 422 g/mol. The van der Waals surface area contributed by atoms with Crippen molar-refractivity contribution in [3.63, 3.8) is 0 Å². The van der Waals surface area contributed by atoms with Crippen molar-refractivity contribution in [2.24, 2.45) is 0 Å². The molecule has 0 spiro atoms. The molecule has 2 aromatic carbocycles. The van der Waals surface area contributed by atoms with Crippen LogP contribution in [0.3, 0.4) is 0 Å². The molecule has 1 atom stereocenters. The number of nitrogens with one attached hydrogen (secondary N) is 1. The first-order chi connectivity index (χ1) is 11.3. The molecule has 0 bridgehead atoms. The highest BCUT2D eigenvalue weighted by Gasteiger charge is 2.25. The third-order valence-corrected chi connectivity index (χ3v) is 6.24. The zero-order chi connectivity index (χ0) is 17.3. The van der Waals surface area contributed by atoms with Crippen LogP contribution in [0.25, 0.3) is 0 Å². The zero-order valence-corrected chi connectivity index (χ0v) is 16.5. The van der Waals surface area contributed by atoms with Crippen LogP contribution in [0.1, 0.15) is 35.6 Å². The van der Waals surface area contributed by atoms with E-state index in [1.807, 2.05) is 18.2 Å². The van der Waals surface area contributed by atoms with Crippen molar-refractivity contribution in [1.82, 2.24) is 4.72 Å². The molecule has 0 amide bonds. The van der Waals surface area contributed by atoms with Crippen LogP contribution in [0.4, 0.5) is 5.69 Å². The van der Waals surface area contributed by atoms with Crippen LogP contribution in [-0.4, -0.2) is 8.42 Å². The van der Waals surface area contributed by atoms with Gasteiger partial charge in [0.1, 0.15) is 0 Å². The van der Waals surface area contributed by atoms with E-state index in [-0.39, 0.29) is 24.2 Å². The van der Waals surface area contributed by atoms with Crippen LogP contribution in [0.5, 0.6) is 0 Å². The second kappa shape index (κ2) is 8.14. The van der Waals surface area contributed by atoms with Crippen molar-refractivity contribution in [1.29, 1.82) is 0 Å². The molecule has 3 rings (SSSR count). The number of sulfonamides is 1. The van der Waals surface area contributed by atoms with Crippen LogP contribution >= 0.6 is 35.6 Å². The third-order valence-electron chi connectivity index (χ3n) is 4.14. The van der Waals surface area contributed by atoms with E-state index in [0.717, 1.165) is 30.4 Å². The number of nitrogen functional groups attached to an aromatic ring is 1. The number of benzene rings is 2. The lowest BCUT2D eigenvalue weighted by molar-refractivity contribution is 0.507. The van der Waals surface area contributed by atoms with E-state index >= 15 is 0 Å². The van der Waals surface area contributed by atoms with Crippen LogP contribution < -0.4 is 10.5 Å². The van der Waals surface area contributed by atoms with Gasteiger partial charge in [-0.1, -0.05) is 35.3 Å². The fourth-order valence-corrected chi connectivity index (χ4v) is 4.76. The lowest BCUT2D eigenvalue weighted by atomic mass is 9.88. The van der Waals surface area contributed by atoms with Crippen LogP contribution in [0.2, 0.25) is 10.0 Å². The number of aryl methyl sites for hydroxylation is 1. The Morgan fingerprint density at radius 2 is 1.88 bits per heavy atom. The normalized spacial score (nSPS) is 16.8. The Labute approximate surface area is 164 Å². The predicted molar refractivity (Wildman–Crippen MR) is 106 cm³/mol. The molecule has 136 valence electrons. The monoisotopic (exact) mass is 420 g/mol. The second-order valence-electron chi connectivity index (χ2n) is 6.03. The molecule has 0 fully saturated rings. The summed E-state index contributed by atoms with van der Waals surface area (Å²) in [5.74, 6) is -0.134. The molecule has 1 unspecified atom stereocenters. The number of fused-ring (bicyclic) bond motifs is 1. The third kappa shape index (κ3) is 5.02. The number of hydrogen-bond acceptors (Lipinski definition) is 3. The molecule has 1 aliphatic rings. The largest absolute Gasteiger partial charge is 0.399 e. The summed E-state index contributed by atoms with van der Waals surface area (Å²) in [5.41, 5.74) is 9.25. The molecule has 0 aromatic heterocycles. The minimum absolute atomic E-state index is 0. The number of hydrogen-bond donors (Lipinski definition) is 2. The Kier molecular flexibility index (Phi) is 6.62. The Bertz CT molecular complexity index is 872. The van der Waals surface area contributed by atoms with Crippen molar-refractivity contribution >= 4 is 51.3 Å². The summed E-state index contributed by atoms with van der Waals surface area (Å²) in [6, 6.07) is 10.3. The molecule has 0 saturated heterocycles. The quantitative estimate of drug-likeness (QED) is 0.714. The molecule has 4 nitrogen and oxygen atoms in total. The number of nitrogens with two attached hydrogens (primary N) is 1.